The zero-order valence-corrected chi connectivity index (χ0v) is 20.3. The first kappa shape index (κ1) is 29.4. The zero-order chi connectivity index (χ0) is 26.9. The molecule has 0 saturated heterocycles. The Kier molecular flexibility index (Phi) is 10.7. The Balaban J connectivity index is 3.47. The van der Waals surface area contributed by atoms with Crippen molar-refractivity contribution in [3.05, 3.63) is 34.9 Å². The van der Waals surface area contributed by atoms with Crippen LogP contribution in [-0.2, 0) is 14.4 Å². The molecular weight excluding hydrogens is 482 g/mol. The van der Waals surface area contributed by atoms with E-state index in [1.54, 1.807) is 13.8 Å². The second kappa shape index (κ2) is 12.7. The molecule has 0 saturated carbocycles. The average Bonchev–Trinajstić information content (AvgIpc) is 2.80. The number of amides is 3. The van der Waals surface area contributed by atoms with Gasteiger partial charge in [-0.3, -0.25) is 14.4 Å². The molecule has 1 rings (SSSR count). The summed E-state index contributed by atoms with van der Waals surface area (Å²) in [5, 5.41) is 34.8. The minimum atomic E-state index is -1.65. The van der Waals surface area contributed by atoms with Crippen molar-refractivity contribution in [1.82, 2.24) is 16.0 Å². The predicted molar refractivity (Wildman–Crippen MR) is 127 cm³/mol. The van der Waals surface area contributed by atoms with Crippen molar-refractivity contribution in [2.75, 3.05) is 5.75 Å². The topological polar surface area (TPSA) is 199 Å². The minimum Gasteiger partial charge on any atom is -0.480 e. The van der Waals surface area contributed by atoms with Gasteiger partial charge in [0.05, 0.1) is 0 Å². The second-order valence-electron chi connectivity index (χ2n) is 7.94. The molecule has 0 radical (unpaired) electrons. The van der Waals surface area contributed by atoms with Crippen molar-refractivity contribution in [2.45, 2.75) is 57.7 Å². The van der Waals surface area contributed by atoms with Crippen LogP contribution in [0, 0.1) is 0 Å². The summed E-state index contributed by atoms with van der Waals surface area (Å²) in [4.78, 5) is 72.6. The van der Waals surface area contributed by atoms with Crippen LogP contribution in [0.15, 0.2) is 18.2 Å². The fourth-order valence-corrected chi connectivity index (χ4v) is 3.10. The lowest BCUT2D eigenvalue weighted by atomic mass is 9.97. The number of carboxylic acid groups (broad SMARTS) is 3. The number of hydrogen-bond donors (Lipinski definition) is 7. The first-order chi connectivity index (χ1) is 16.3. The maximum Gasteiger partial charge on any atom is 0.329 e. The van der Waals surface area contributed by atoms with Gasteiger partial charge in [0.2, 0.25) is 0 Å². The van der Waals surface area contributed by atoms with Gasteiger partial charge in [0, 0.05) is 22.4 Å². The van der Waals surface area contributed by atoms with Gasteiger partial charge in [0.25, 0.3) is 17.7 Å². The third kappa shape index (κ3) is 7.98. The van der Waals surface area contributed by atoms with E-state index in [2.05, 4.69) is 28.6 Å². The Bertz CT molecular complexity index is 1010. The van der Waals surface area contributed by atoms with E-state index in [1.807, 2.05) is 0 Å². The van der Waals surface area contributed by atoms with Gasteiger partial charge in [-0.1, -0.05) is 20.3 Å². The molecule has 0 fully saturated rings. The number of hydrogen-bond acceptors (Lipinski definition) is 7. The van der Waals surface area contributed by atoms with E-state index in [9.17, 15) is 39.0 Å². The SMILES string of the molecule is CCCC(NC(=O)c1cc(C(=O)NC(CS)C(=O)O)cc(C(=O)NC(C)(CC)C(=O)O)c1)C(=O)O. The van der Waals surface area contributed by atoms with Crippen LogP contribution in [0.1, 0.15) is 71.1 Å². The standard InChI is InChI=1S/C22H29N3O9S/c1-4-6-14(19(29)30)23-16(26)11-7-12(17(27)24-15(10-35)20(31)32)9-13(8-11)18(28)25-22(3,5-2)21(33)34/h7-9,14-15,35H,4-6,10H2,1-3H3,(H,23,26)(H,24,27)(H,25,28)(H,29,30)(H,31,32)(H,33,34). The van der Waals surface area contributed by atoms with Crippen molar-refractivity contribution >= 4 is 48.3 Å². The molecule has 0 aliphatic rings. The molecule has 192 valence electrons. The van der Waals surface area contributed by atoms with Gasteiger partial charge in [0.1, 0.15) is 17.6 Å². The van der Waals surface area contributed by atoms with Crippen LogP contribution >= 0.6 is 12.6 Å². The number of carbonyl (C=O) groups excluding carboxylic acids is 3. The van der Waals surface area contributed by atoms with Gasteiger partial charge in [-0.05, 0) is 38.0 Å². The third-order valence-corrected chi connectivity index (χ3v) is 5.62. The van der Waals surface area contributed by atoms with Crippen LogP contribution in [0.2, 0.25) is 0 Å². The smallest absolute Gasteiger partial charge is 0.329 e. The number of benzene rings is 1. The summed E-state index contributed by atoms with van der Waals surface area (Å²) in [6, 6.07) is 0.629. The van der Waals surface area contributed by atoms with E-state index in [0.29, 0.717) is 6.42 Å². The lowest BCUT2D eigenvalue weighted by molar-refractivity contribution is -0.144. The summed E-state index contributed by atoms with van der Waals surface area (Å²) >= 11 is 3.87. The Morgan fingerprint density at radius 2 is 1.26 bits per heavy atom. The Labute approximate surface area is 206 Å². The van der Waals surface area contributed by atoms with E-state index < -0.39 is 53.3 Å². The van der Waals surface area contributed by atoms with Crippen LogP contribution in [0.25, 0.3) is 0 Å². The number of nitrogens with one attached hydrogen (secondary N) is 3. The Morgan fingerprint density at radius 3 is 1.60 bits per heavy atom. The van der Waals surface area contributed by atoms with Gasteiger partial charge in [-0.25, -0.2) is 14.4 Å². The van der Waals surface area contributed by atoms with Gasteiger partial charge < -0.3 is 31.3 Å². The zero-order valence-electron chi connectivity index (χ0n) is 19.5. The molecule has 35 heavy (non-hydrogen) atoms. The van der Waals surface area contributed by atoms with Gasteiger partial charge in [-0.2, -0.15) is 12.6 Å². The predicted octanol–water partition coefficient (Wildman–Crippen LogP) is 0.766. The molecule has 3 unspecified atom stereocenters. The summed E-state index contributed by atoms with van der Waals surface area (Å²) in [6.45, 7) is 4.55. The Hall–Kier alpha value is -3.61. The first-order valence-electron chi connectivity index (χ1n) is 10.7. The Morgan fingerprint density at radius 1 is 0.829 bits per heavy atom. The van der Waals surface area contributed by atoms with E-state index in [1.165, 1.54) is 6.92 Å². The van der Waals surface area contributed by atoms with Crippen molar-refractivity contribution in [3.63, 3.8) is 0 Å². The van der Waals surface area contributed by atoms with E-state index in [4.69, 9.17) is 5.11 Å². The fourth-order valence-electron chi connectivity index (χ4n) is 2.85. The summed E-state index contributed by atoms with van der Waals surface area (Å²) in [7, 11) is 0. The quantitative estimate of drug-likeness (QED) is 0.187. The molecule has 3 atom stereocenters. The van der Waals surface area contributed by atoms with Crippen molar-refractivity contribution < 1.29 is 44.1 Å². The molecule has 0 spiro atoms. The van der Waals surface area contributed by atoms with E-state index in [-0.39, 0.29) is 35.3 Å². The van der Waals surface area contributed by atoms with Crippen molar-refractivity contribution in [3.8, 4) is 0 Å². The molecule has 1 aromatic carbocycles. The van der Waals surface area contributed by atoms with Crippen molar-refractivity contribution in [1.29, 1.82) is 0 Å². The van der Waals surface area contributed by atoms with Crippen LogP contribution in [-0.4, -0.2) is 74.3 Å². The highest BCUT2D eigenvalue weighted by molar-refractivity contribution is 7.80. The molecule has 12 nitrogen and oxygen atoms in total. The van der Waals surface area contributed by atoms with Gasteiger partial charge in [0.15, 0.2) is 0 Å². The maximum absolute atomic E-state index is 12.9. The summed E-state index contributed by atoms with van der Waals surface area (Å²) in [5.74, 6) is -6.91. The van der Waals surface area contributed by atoms with Gasteiger partial charge in [-0.15, -0.1) is 0 Å². The molecule has 0 heterocycles. The monoisotopic (exact) mass is 511 g/mol. The molecule has 13 heteroatoms. The lowest BCUT2D eigenvalue weighted by Gasteiger charge is -2.25. The van der Waals surface area contributed by atoms with Gasteiger partial charge >= 0.3 is 17.9 Å². The normalized spacial score (nSPS) is 14.1. The summed E-state index contributed by atoms with van der Waals surface area (Å²) in [6.07, 6.45) is 0.615. The van der Waals surface area contributed by atoms with E-state index in [0.717, 1.165) is 18.2 Å². The number of thiol groups is 1. The number of carboxylic acids is 3. The largest absolute Gasteiger partial charge is 0.480 e. The molecule has 0 aliphatic heterocycles. The number of rotatable bonds is 13. The number of carbonyl (C=O) groups is 6. The molecule has 3 amide bonds. The summed E-state index contributed by atoms with van der Waals surface area (Å²) in [5.41, 5.74) is -2.43. The summed E-state index contributed by atoms with van der Waals surface area (Å²) < 4.78 is 0. The highest BCUT2D eigenvalue weighted by Gasteiger charge is 2.33. The highest BCUT2D eigenvalue weighted by atomic mass is 32.1. The molecule has 6 N–H and O–H groups in total. The molecule has 0 bridgehead atoms. The number of aliphatic carboxylic acids is 3. The lowest BCUT2D eigenvalue weighted by Crippen LogP contribution is -2.51. The third-order valence-electron chi connectivity index (χ3n) is 5.25. The fraction of sp³-hybridized carbons (Fsp3) is 0.455. The van der Waals surface area contributed by atoms with Crippen LogP contribution in [0.5, 0.6) is 0 Å². The minimum absolute atomic E-state index is 0.0289. The van der Waals surface area contributed by atoms with Crippen molar-refractivity contribution in [2.24, 2.45) is 0 Å². The van der Waals surface area contributed by atoms with Crippen LogP contribution in [0.3, 0.4) is 0 Å². The molecule has 0 aromatic heterocycles. The molecular formula is C22H29N3O9S. The molecule has 0 aliphatic carbocycles. The molecule has 1 aromatic rings. The first-order valence-corrected chi connectivity index (χ1v) is 11.3. The van der Waals surface area contributed by atoms with Crippen LogP contribution < -0.4 is 16.0 Å². The highest BCUT2D eigenvalue weighted by Crippen LogP contribution is 2.16. The van der Waals surface area contributed by atoms with Crippen LogP contribution in [0.4, 0.5) is 0 Å². The van der Waals surface area contributed by atoms with E-state index >= 15 is 0 Å². The average molecular weight is 512 g/mol. The maximum atomic E-state index is 12.9. The second-order valence-corrected chi connectivity index (χ2v) is 8.31.